The summed E-state index contributed by atoms with van der Waals surface area (Å²) in [7, 11) is 0. The van der Waals surface area contributed by atoms with Crippen LogP contribution in [0, 0.1) is 32.1 Å². The van der Waals surface area contributed by atoms with Crippen LogP contribution in [0.2, 0.25) is 0 Å². The molecular weight excluding hydrogens is 639 g/mol. The first-order valence-electron chi connectivity index (χ1n) is 14.0. The molecule has 2 aromatic heterocycles. The summed E-state index contributed by atoms with van der Waals surface area (Å²) < 4.78 is 34.5. The van der Waals surface area contributed by atoms with E-state index in [9.17, 15) is 8.42 Å². The van der Waals surface area contributed by atoms with Gasteiger partial charge in [-0.2, -0.15) is 18.7 Å². The molecule has 4 N–H and O–H groups in total. The molecule has 2 heterocycles. The number of hydrogen-bond acceptors (Lipinski definition) is 11. The third kappa shape index (κ3) is 9.25. The van der Waals surface area contributed by atoms with E-state index in [0.717, 1.165) is 22.0 Å². The molecule has 0 saturated heterocycles. The third-order valence-corrected chi connectivity index (χ3v) is 7.50. The molecule has 0 aliphatic carbocycles. The highest BCUT2D eigenvalue weighted by molar-refractivity contribution is 7.78. The van der Waals surface area contributed by atoms with Crippen LogP contribution in [0.4, 0.5) is 11.6 Å². The van der Waals surface area contributed by atoms with Crippen LogP contribution < -0.4 is 28.9 Å². The summed E-state index contributed by atoms with van der Waals surface area (Å²) in [5.74, 6) is 2.54. The standard InChI is InChI=1S/C16H13N5O2S.C16H16N4O2S/c1-11-5-4-6-12(9-11)23-24(22)21-20-16-13-7-2-3-8-14(13)18-15(10-17)19-16;1-11-7-9-13(10-8-11)22-23(21)20-19-16-14-5-3-4-6-15(14)17-12(2)18-16/h2-9,21H,1H3,(H,18,19,20);3-10,20H,1-2H3,(H,17,18,19). The smallest absolute Gasteiger partial charge is 0.306 e. The second-order valence-corrected chi connectivity index (χ2v) is 11.6. The Morgan fingerprint density at radius 2 is 1.19 bits per heavy atom. The van der Waals surface area contributed by atoms with Gasteiger partial charge in [-0.15, -0.1) is 9.66 Å². The van der Waals surface area contributed by atoms with Crippen molar-refractivity contribution in [1.82, 2.24) is 29.6 Å². The minimum absolute atomic E-state index is 0.0170. The van der Waals surface area contributed by atoms with Crippen LogP contribution in [0.5, 0.6) is 11.5 Å². The number of aromatic nitrogens is 4. The van der Waals surface area contributed by atoms with Crippen LogP contribution >= 0.6 is 0 Å². The van der Waals surface area contributed by atoms with E-state index in [-0.39, 0.29) is 5.82 Å². The lowest BCUT2D eigenvalue weighted by molar-refractivity contribution is 0.552. The number of rotatable bonds is 10. The molecule has 0 aliphatic heterocycles. The summed E-state index contributed by atoms with van der Waals surface area (Å²) in [6.07, 6.45) is 0. The van der Waals surface area contributed by atoms with Crippen molar-refractivity contribution in [2.24, 2.45) is 0 Å². The Bertz CT molecular complexity index is 2110. The molecule has 0 aliphatic rings. The van der Waals surface area contributed by atoms with Gasteiger partial charge in [0.1, 0.15) is 23.4 Å². The summed E-state index contributed by atoms with van der Waals surface area (Å²) in [5.41, 5.74) is 9.08. The molecule has 6 rings (SSSR count). The fraction of sp³-hybridized carbons (Fsp3) is 0.0938. The number of nitrogens with one attached hydrogen (secondary N) is 4. The molecule has 47 heavy (non-hydrogen) atoms. The Morgan fingerprint density at radius 3 is 1.81 bits per heavy atom. The van der Waals surface area contributed by atoms with Gasteiger partial charge in [-0.25, -0.2) is 15.0 Å². The zero-order chi connectivity index (χ0) is 33.2. The second-order valence-electron chi connectivity index (χ2n) is 9.88. The van der Waals surface area contributed by atoms with Crippen molar-refractivity contribution in [3.63, 3.8) is 0 Å². The van der Waals surface area contributed by atoms with Gasteiger partial charge < -0.3 is 8.37 Å². The van der Waals surface area contributed by atoms with E-state index in [1.165, 1.54) is 0 Å². The predicted molar refractivity (Wildman–Crippen MR) is 182 cm³/mol. The lowest BCUT2D eigenvalue weighted by Crippen LogP contribution is -2.28. The molecule has 6 aromatic rings. The van der Waals surface area contributed by atoms with Gasteiger partial charge in [0.2, 0.25) is 5.82 Å². The van der Waals surface area contributed by atoms with Crippen LogP contribution in [-0.4, -0.2) is 28.4 Å². The Hall–Kier alpha value is -5.53. The van der Waals surface area contributed by atoms with E-state index < -0.39 is 22.5 Å². The highest BCUT2D eigenvalue weighted by Gasteiger charge is 2.10. The molecule has 2 atom stereocenters. The minimum Gasteiger partial charge on any atom is -0.388 e. The van der Waals surface area contributed by atoms with E-state index >= 15 is 0 Å². The van der Waals surface area contributed by atoms with Gasteiger partial charge in [0, 0.05) is 10.8 Å². The maximum absolute atomic E-state index is 12.0. The number of benzene rings is 4. The Morgan fingerprint density at radius 1 is 0.617 bits per heavy atom. The minimum atomic E-state index is -1.84. The number of hydrazine groups is 2. The molecule has 13 nitrogen and oxygen atoms in total. The Kier molecular flexibility index (Phi) is 10.9. The topological polar surface area (TPSA) is 176 Å². The van der Waals surface area contributed by atoms with Crippen molar-refractivity contribution in [2.75, 3.05) is 10.9 Å². The Balaban J connectivity index is 0.000000185. The number of aryl methyl sites for hydroxylation is 3. The van der Waals surface area contributed by atoms with E-state index in [1.807, 2.05) is 80.6 Å². The van der Waals surface area contributed by atoms with Crippen LogP contribution in [0.1, 0.15) is 22.8 Å². The first-order chi connectivity index (χ1) is 22.8. The third-order valence-electron chi connectivity index (χ3n) is 6.28. The zero-order valence-corrected chi connectivity index (χ0v) is 27.1. The second kappa shape index (κ2) is 15.7. The normalized spacial score (nSPS) is 11.9. The number of nitrogens with zero attached hydrogens (tertiary/aromatic N) is 5. The van der Waals surface area contributed by atoms with Crippen molar-refractivity contribution >= 4 is 56.0 Å². The molecule has 2 unspecified atom stereocenters. The first kappa shape index (κ1) is 32.9. The van der Waals surface area contributed by atoms with Crippen LogP contribution in [0.3, 0.4) is 0 Å². The average Bonchev–Trinajstić information content (AvgIpc) is 3.07. The van der Waals surface area contributed by atoms with Gasteiger partial charge in [0.15, 0.2) is 11.6 Å². The molecule has 0 fully saturated rings. The highest BCUT2D eigenvalue weighted by Crippen LogP contribution is 2.21. The van der Waals surface area contributed by atoms with Gasteiger partial charge >= 0.3 is 22.5 Å². The average molecular weight is 668 g/mol. The molecule has 0 bridgehead atoms. The van der Waals surface area contributed by atoms with Crippen molar-refractivity contribution < 1.29 is 16.8 Å². The van der Waals surface area contributed by atoms with Gasteiger partial charge in [-0.3, -0.25) is 10.9 Å². The molecule has 0 amide bonds. The number of fused-ring (bicyclic) bond motifs is 2. The number of hydrogen-bond donors (Lipinski definition) is 4. The van der Waals surface area contributed by atoms with Crippen molar-refractivity contribution in [1.29, 1.82) is 5.26 Å². The highest BCUT2D eigenvalue weighted by atomic mass is 32.2. The molecule has 0 radical (unpaired) electrons. The van der Waals surface area contributed by atoms with E-state index in [1.54, 1.807) is 43.3 Å². The van der Waals surface area contributed by atoms with Gasteiger partial charge in [0.25, 0.3) is 0 Å². The number of nitriles is 1. The maximum Gasteiger partial charge on any atom is 0.306 e. The summed E-state index contributed by atoms with van der Waals surface area (Å²) >= 11 is -3.58. The van der Waals surface area contributed by atoms with Gasteiger partial charge in [-0.1, -0.05) is 54.1 Å². The summed E-state index contributed by atoms with van der Waals surface area (Å²) in [6.45, 7) is 5.69. The van der Waals surface area contributed by atoms with Crippen molar-refractivity contribution in [3.8, 4) is 17.6 Å². The van der Waals surface area contributed by atoms with Crippen LogP contribution in [0.25, 0.3) is 21.8 Å². The monoisotopic (exact) mass is 667 g/mol. The number of anilines is 2. The lowest BCUT2D eigenvalue weighted by Gasteiger charge is -2.10. The zero-order valence-electron chi connectivity index (χ0n) is 25.4. The molecule has 0 saturated carbocycles. The van der Waals surface area contributed by atoms with Gasteiger partial charge in [-0.05, 0) is 74.9 Å². The SMILES string of the molecule is Cc1ccc(OS(=O)NNc2nc(C)nc3ccccc23)cc1.Cc1cccc(OS(=O)NNc2nc(C#N)nc3ccccc23)c1. The molecule has 238 valence electrons. The molecule has 0 spiro atoms. The fourth-order valence-electron chi connectivity index (χ4n) is 4.17. The van der Waals surface area contributed by atoms with Gasteiger partial charge in [0.05, 0.1) is 11.0 Å². The van der Waals surface area contributed by atoms with E-state index in [2.05, 4.69) is 40.4 Å². The molecule has 15 heteroatoms. The van der Waals surface area contributed by atoms with Crippen molar-refractivity contribution in [2.45, 2.75) is 20.8 Å². The lowest BCUT2D eigenvalue weighted by atomic mass is 10.2. The number of para-hydroxylation sites is 2. The molecule has 4 aromatic carbocycles. The van der Waals surface area contributed by atoms with Crippen molar-refractivity contribution in [3.05, 3.63) is 120 Å². The van der Waals surface area contributed by atoms with E-state index in [0.29, 0.717) is 39.9 Å². The van der Waals surface area contributed by atoms with E-state index in [4.69, 9.17) is 13.6 Å². The summed E-state index contributed by atoms with van der Waals surface area (Å²) in [5, 5.41) is 10.5. The quantitative estimate of drug-likeness (QED) is 0.141. The fourth-order valence-corrected chi connectivity index (χ4v) is 5.18. The van der Waals surface area contributed by atoms with Crippen LogP contribution in [-0.2, 0) is 22.5 Å². The maximum atomic E-state index is 12.0. The first-order valence-corrected chi connectivity index (χ1v) is 16.2. The predicted octanol–water partition coefficient (Wildman–Crippen LogP) is 5.20. The summed E-state index contributed by atoms with van der Waals surface area (Å²) in [6, 6.07) is 31.2. The van der Waals surface area contributed by atoms with Crippen LogP contribution in [0.15, 0.2) is 97.1 Å². The largest absolute Gasteiger partial charge is 0.388 e. The molecular formula is C32H29N9O4S2. The Labute approximate surface area is 276 Å². The summed E-state index contributed by atoms with van der Waals surface area (Å²) in [4.78, 5) is 22.0.